The first-order valence-corrected chi connectivity index (χ1v) is 17.0. The Labute approximate surface area is 283 Å². The van der Waals surface area contributed by atoms with Crippen molar-refractivity contribution in [3.05, 3.63) is 71.8 Å². The van der Waals surface area contributed by atoms with Crippen LogP contribution in [-0.4, -0.2) is 82.5 Å². The predicted molar refractivity (Wildman–Crippen MR) is 181 cm³/mol. The Bertz CT molecular complexity index is 1370. The molecule has 0 spiro atoms. The summed E-state index contributed by atoms with van der Waals surface area (Å²) >= 11 is 0. The summed E-state index contributed by atoms with van der Waals surface area (Å²) in [6.45, 7) is 7.07. The van der Waals surface area contributed by atoms with Crippen LogP contribution in [0.3, 0.4) is 0 Å². The molecule has 0 bridgehead atoms. The van der Waals surface area contributed by atoms with Crippen molar-refractivity contribution in [3.63, 3.8) is 0 Å². The molecule has 1 heterocycles. The molecule has 1 saturated heterocycles. The van der Waals surface area contributed by atoms with Crippen LogP contribution in [0.4, 0.5) is 0 Å². The standard InChI is InChI=1S/C37H50N4O7/c1-24(38-23-29(42)48-37(2,3)4)33(43)39-31(27-19-12-7-13-20-27)35(45)41-22-14-21-28(41)34(44)40-32(36(46)47)30(25-15-8-5-9-16-25)26-17-10-6-11-18-26/h5-6,8-11,15-18,24,27-28,30-32,38H,7,12-14,19-23H2,1-4H3,(H,39,43)(H,40,44)(H,46,47). The fourth-order valence-electron chi connectivity index (χ4n) is 6.75. The molecule has 1 saturated carbocycles. The minimum atomic E-state index is -1.29. The lowest BCUT2D eigenvalue weighted by atomic mass is 9.83. The summed E-state index contributed by atoms with van der Waals surface area (Å²) in [6.07, 6.45) is 5.39. The molecule has 2 fully saturated rings. The van der Waals surface area contributed by atoms with Crippen LogP contribution < -0.4 is 16.0 Å². The second-order valence-corrected chi connectivity index (χ2v) is 13.9. The SMILES string of the molecule is CC(NCC(=O)OC(C)(C)C)C(=O)NC(C(=O)N1CCCC1C(=O)NC(C(=O)O)C(c1ccccc1)c1ccccc1)C1CCCCC1. The van der Waals surface area contributed by atoms with Gasteiger partial charge in [0.25, 0.3) is 0 Å². The maximum atomic E-state index is 14.3. The number of carbonyl (C=O) groups excluding carboxylic acids is 4. The van der Waals surface area contributed by atoms with Gasteiger partial charge in [-0.2, -0.15) is 0 Å². The van der Waals surface area contributed by atoms with Crippen molar-refractivity contribution >= 4 is 29.7 Å². The zero-order chi connectivity index (χ0) is 34.8. The van der Waals surface area contributed by atoms with E-state index in [4.69, 9.17) is 4.74 Å². The molecule has 0 radical (unpaired) electrons. The summed E-state index contributed by atoms with van der Waals surface area (Å²) in [7, 11) is 0. The van der Waals surface area contributed by atoms with Gasteiger partial charge in [-0.25, -0.2) is 4.79 Å². The van der Waals surface area contributed by atoms with E-state index in [0.29, 0.717) is 19.4 Å². The van der Waals surface area contributed by atoms with E-state index >= 15 is 0 Å². The van der Waals surface area contributed by atoms with Crippen LogP contribution in [0.1, 0.15) is 89.7 Å². The average Bonchev–Trinajstić information content (AvgIpc) is 3.56. The van der Waals surface area contributed by atoms with Gasteiger partial charge in [-0.3, -0.25) is 24.5 Å². The molecular formula is C37H50N4O7. The quantitative estimate of drug-likeness (QED) is 0.237. The van der Waals surface area contributed by atoms with E-state index < -0.39 is 59.4 Å². The molecule has 48 heavy (non-hydrogen) atoms. The van der Waals surface area contributed by atoms with Gasteiger partial charge in [-0.15, -0.1) is 0 Å². The third-order valence-corrected chi connectivity index (χ3v) is 9.10. The number of nitrogens with zero attached hydrogens (tertiary/aromatic N) is 1. The number of carboxylic acid groups (broad SMARTS) is 1. The summed E-state index contributed by atoms with van der Waals surface area (Å²) in [5.41, 5.74) is 0.825. The molecule has 1 aliphatic heterocycles. The van der Waals surface area contributed by atoms with Crippen molar-refractivity contribution in [3.8, 4) is 0 Å². The minimum absolute atomic E-state index is 0.107. The Kier molecular flexibility index (Phi) is 12.7. The lowest BCUT2D eigenvalue weighted by Gasteiger charge is -2.35. The third kappa shape index (κ3) is 9.88. The molecule has 260 valence electrons. The third-order valence-electron chi connectivity index (χ3n) is 9.10. The average molecular weight is 663 g/mol. The van der Waals surface area contributed by atoms with Crippen molar-refractivity contribution in [2.24, 2.45) is 5.92 Å². The number of likely N-dealkylation sites (tertiary alicyclic amines) is 1. The van der Waals surface area contributed by atoms with E-state index in [1.54, 1.807) is 27.7 Å². The second kappa shape index (κ2) is 16.7. The van der Waals surface area contributed by atoms with Crippen LogP contribution in [0.25, 0.3) is 0 Å². The molecule has 11 heteroatoms. The van der Waals surface area contributed by atoms with Gasteiger partial charge < -0.3 is 25.4 Å². The lowest BCUT2D eigenvalue weighted by molar-refractivity contribution is -0.154. The first kappa shape index (κ1) is 36.6. The second-order valence-electron chi connectivity index (χ2n) is 13.9. The normalized spacial score (nSPS) is 18.9. The highest BCUT2D eigenvalue weighted by Gasteiger charge is 2.43. The van der Waals surface area contributed by atoms with Crippen LogP contribution in [0.15, 0.2) is 60.7 Å². The molecule has 4 unspecified atom stereocenters. The Morgan fingerprint density at radius 3 is 1.98 bits per heavy atom. The number of nitrogens with one attached hydrogen (secondary N) is 3. The molecule has 4 rings (SSSR count). The van der Waals surface area contributed by atoms with E-state index in [9.17, 15) is 29.1 Å². The van der Waals surface area contributed by atoms with Crippen LogP contribution in [0.5, 0.6) is 0 Å². The largest absolute Gasteiger partial charge is 0.480 e. The molecule has 3 amide bonds. The summed E-state index contributed by atoms with van der Waals surface area (Å²) in [5, 5.41) is 19.0. The fourth-order valence-corrected chi connectivity index (χ4v) is 6.75. The number of aliphatic carboxylic acids is 1. The van der Waals surface area contributed by atoms with Crippen LogP contribution in [0, 0.1) is 5.92 Å². The monoisotopic (exact) mass is 662 g/mol. The highest BCUT2D eigenvalue weighted by atomic mass is 16.6. The number of ether oxygens (including phenoxy) is 1. The molecule has 4 N–H and O–H groups in total. The Hall–Kier alpha value is -4.25. The molecule has 2 aliphatic rings. The predicted octanol–water partition coefficient (Wildman–Crippen LogP) is 3.76. The van der Waals surface area contributed by atoms with Gasteiger partial charge in [0.1, 0.15) is 23.7 Å². The van der Waals surface area contributed by atoms with Gasteiger partial charge >= 0.3 is 11.9 Å². The number of esters is 1. The van der Waals surface area contributed by atoms with Crippen molar-refractivity contribution in [2.75, 3.05) is 13.1 Å². The van der Waals surface area contributed by atoms with Gasteiger partial charge in [0, 0.05) is 12.5 Å². The first-order chi connectivity index (χ1) is 22.9. The number of carbonyl (C=O) groups is 5. The zero-order valence-corrected chi connectivity index (χ0v) is 28.4. The molecule has 0 aromatic heterocycles. The van der Waals surface area contributed by atoms with Crippen LogP contribution in [-0.2, 0) is 28.7 Å². The topological polar surface area (TPSA) is 154 Å². The first-order valence-electron chi connectivity index (χ1n) is 17.0. The van der Waals surface area contributed by atoms with Gasteiger partial charge in [-0.1, -0.05) is 79.9 Å². The van der Waals surface area contributed by atoms with E-state index in [1.165, 1.54) is 4.90 Å². The lowest BCUT2D eigenvalue weighted by Crippen LogP contribution is -2.59. The van der Waals surface area contributed by atoms with Crippen LogP contribution in [0.2, 0.25) is 0 Å². The molecule has 11 nitrogen and oxygen atoms in total. The fraction of sp³-hybridized carbons (Fsp3) is 0.541. The maximum absolute atomic E-state index is 14.3. The molecule has 2 aromatic carbocycles. The van der Waals surface area contributed by atoms with E-state index in [-0.39, 0.29) is 18.4 Å². The number of hydrogen-bond donors (Lipinski definition) is 4. The smallest absolute Gasteiger partial charge is 0.327 e. The summed E-state index contributed by atoms with van der Waals surface area (Å²) in [5.74, 6) is -3.75. The van der Waals surface area contributed by atoms with Gasteiger partial charge in [0.05, 0.1) is 12.6 Å². The van der Waals surface area contributed by atoms with Crippen molar-refractivity contribution in [1.29, 1.82) is 0 Å². The number of rotatable bonds is 13. The highest BCUT2D eigenvalue weighted by molar-refractivity contribution is 5.95. The van der Waals surface area contributed by atoms with E-state index in [0.717, 1.165) is 43.2 Å². The number of hydrogen-bond acceptors (Lipinski definition) is 7. The summed E-state index contributed by atoms with van der Waals surface area (Å²) in [4.78, 5) is 68.0. The number of benzene rings is 2. The number of amides is 3. The van der Waals surface area contributed by atoms with Crippen molar-refractivity contribution < 1.29 is 33.8 Å². The molecule has 1 aliphatic carbocycles. The van der Waals surface area contributed by atoms with E-state index in [2.05, 4.69) is 16.0 Å². The number of carboxylic acids is 1. The van der Waals surface area contributed by atoms with Gasteiger partial charge in [0.2, 0.25) is 17.7 Å². The molecule has 2 aromatic rings. The molecule has 4 atom stereocenters. The molecular weight excluding hydrogens is 612 g/mol. The summed E-state index contributed by atoms with van der Waals surface area (Å²) < 4.78 is 5.32. The maximum Gasteiger partial charge on any atom is 0.327 e. The highest BCUT2D eigenvalue weighted by Crippen LogP contribution is 2.31. The van der Waals surface area contributed by atoms with Crippen molar-refractivity contribution in [1.82, 2.24) is 20.9 Å². The Morgan fingerprint density at radius 1 is 0.854 bits per heavy atom. The Balaban J connectivity index is 1.51. The Morgan fingerprint density at radius 2 is 1.44 bits per heavy atom. The van der Waals surface area contributed by atoms with Gasteiger partial charge in [0.15, 0.2) is 0 Å². The zero-order valence-electron chi connectivity index (χ0n) is 28.4. The van der Waals surface area contributed by atoms with Crippen LogP contribution >= 0.6 is 0 Å². The summed E-state index contributed by atoms with van der Waals surface area (Å²) in [6, 6.07) is 14.6. The van der Waals surface area contributed by atoms with E-state index in [1.807, 2.05) is 60.7 Å². The van der Waals surface area contributed by atoms with Gasteiger partial charge in [-0.05, 0) is 70.4 Å². The minimum Gasteiger partial charge on any atom is -0.480 e. The van der Waals surface area contributed by atoms with Crippen molar-refractivity contribution in [2.45, 2.75) is 108 Å².